The first-order valence-corrected chi connectivity index (χ1v) is 8.89. The number of hydrogen-bond acceptors (Lipinski definition) is 4. The van der Waals surface area contributed by atoms with Crippen molar-refractivity contribution < 1.29 is 8.42 Å². The van der Waals surface area contributed by atoms with Gasteiger partial charge in [-0.05, 0) is 24.3 Å². The van der Waals surface area contributed by atoms with Crippen LogP contribution in [0.3, 0.4) is 0 Å². The van der Waals surface area contributed by atoms with Gasteiger partial charge in [0.2, 0.25) is 10.0 Å². The minimum atomic E-state index is -3.47. The Balaban J connectivity index is 2.33. The molecule has 1 aliphatic rings. The van der Waals surface area contributed by atoms with E-state index in [1.54, 1.807) is 37.0 Å². The van der Waals surface area contributed by atoms with Crippen LogP contribution in [0, 0.1) is 0 Å². The van der Waals surface area contributed by atoms with Crippen molar-refractivity contribution in [3.63, 3.8) is 0 Å². The Morgan fingerprint density at radius 2 is 2.26 bits per heavy atom. The quantitative estimate of drug-likeness (QED) is 0.852. The zero-order valence-electron chi connectivity index (χ0n) is 10.6. The molecule has 1 aliphatic heterocycles. The number of thioether (sulfide) groups is 1. The third-order valence-corrected chi connectivity index (χ3v) is 6.50. The molecule has 1 saturated heterocycles. The molecule has 0 amide bonds. The van der Waals surface area contributed by atoms with Gasteiger partial charge in [-0.2, -0.15) is 16.1 Å². The van der Waals surface area contributed by atoms with E-state index in [-0.39, 0.29) is 15.9 Å². The van der Waals surface area contributed by atoms with Crippen molar-refractivity contribution in [1.82, 2.24) is 4.31 Å². The van der Waals surface area contributed by atoms with Crippen molar-refractivity contribution in [3.8, 4) is 0 Å². The van der Waals surface area contributed by atoms with E-state index in [1.165, 1.54) is 10.4 Å². The average molecular weight is 316 g/mol. The Kier molecular flexibility index (Phi) is 4.50. The molecule has 0 aliphatic carbocycles. The topological polar surface area (TPSA) is 63.4 Å². The van der Waals surface area contributed by atoms with Crippen molar-refractivity contribution in [2.45, 2.75) is 17.4 Å². The molecule has 0 bridgehead atoms. The predicted octanol–water partition coefficient (Wildman–Crippen LogP) is 1.45. The van der Waals surface area contributed by atoms with E-state index in [9.17, 15) is 8.42 Å². The van der Waals surface area contributed by atoms with E-state index in [4.69, 9.17) is 18.0 Å². The third kappa shape index (κ3) is 3.10. The molecule has 1 heterocycles. The number of thiocarbonyl (C=S) groups is 1. The number of benzene rings is 1. The molecule has 4 nitrogen and oxygen atoms in total. The van der Waals surface area contributed by atoms with Gasteiger partial charge < -0.3 is 5.73 Å². The minimum Gasteiger partial charge on any atom is -0.389 e. The fourth-order valence-corrected chi connectivity index (χ4v) is 4.90. The highest BCUT2D eigenvalue weighted by atomic mass is 32.2. The maximum Gasteiger partial charge on any atom is 0.243 e. The molecule has 0 spiro atoms. The van der Waals surface area contributed by atoms with Gasteiger partial charge in [-0.1, -0.05) is 24.4 Å². The fourth-order valence-electron chi connectivity index (χ4n) is 1.98. The highest BCUT2D eigenvalue weighted by molar-refractivity contribution is 7.99. The number of nitrogens with two attached hydrogens (primary N) is 1. The van der Waals surface area contributed by atoms with Crippen LogP contribution in [0.5, 0.6) is 0 Å². The lowest BCUT2D eigenvalue weighted by Gasteiger charge is -2.23. The lowest BCUT2D eigenvalue weighted by molar-refractivity contribution is 0.394. The van der Waals surface area contributed by atoms with Crippen molar-refractivity contribution in [1.29, 1.82) is 0 Å². The van der Waals surface area contributed by atoms with Gasteiger partial charge in [0, 0.05) is 24.4 Å². The monoisotopic (exact) mass is 316 g/mol. The van der Waals surface area contributed by atoms with Gasteiger partial charge >= 0.3 is 0 Å². The molecule has 1 aromatic rings. The van der Waals surface area contributed by atoms with E-state index in [0.29, 0.717) is 5.56 Å². The molecular weight excluding hydrogens is 300 g/mol. The van der Waals surface area contributed by atoms with E-state index >= 15 is 0 Å². The molecule has 2 N–H and O–H groups in total. The molecule has 19 heavy (non-hydrogen) atoms. The Morgan fingerprint density at radius 3 is 2.84 bits per heavy atom. The van der Waals surface area contributed by atoms with Crippen molar-refractivity contribution in [3.05, 3.63) is 29.8 Å². The van der Waals surface area contributed by atoms with Gasteiger partial charge in [-0.25, -0.2) is 8.42 Å². The summed E-state index contributed by atoms with van der Waals surface area (Å²) in [6.45, 7) is 0. The number of nitrogens with zero attached hydrogens (tertiary/aromatic N) is 1. The normalized spacial score (nSPS) is 19.8. The second-order valence-corrected chi connectivity index (χ2v) is 8.02. The van der Waals surface area contributed by atoms with Gasteiger partial charge in [0.05, 0.1) is 4.90 Å². The third-order valence-electron chi connectivity index (χ3n) is 3.22. The van der Waals surface area contributed by atoms with E-state index in [1.807, 2.05) is 0 Å². The van der Waals surface area contributed by atoms with Crippen LogP contribution in [0.1, 0.15) is 12.0 Å². The molecule has 1 fully saturated rings. The summed E-state index contributed by atoms with van der Waals surface area (Å²) in [7, 11) is -1.84. The molecule has 0 saturated carbocycles. The first-order valence-electron chi connectivity index (χ1n) is 5.88. The van der Waals surface area contributed by atoms with Gasteiger partial charge in [-0.15, -0.1) is 0 Å². The van der Waals surface area contributed by atoms with Crippen LogP contribution < -0.4 is 5.73 Å². The predicted molar refractivity (Wildman–Crippen MR) is 83.0 cm³/mol. The summed E-state index contributed by atoms with van der Waals surface area (Å²) in [6.07, 6.45) is 0.898. The Labute approximate surface area is 123 Å². The summed E-state index contributed by atoms with van der Waals surface area (Å²) in [6, 6.07) is 6.57. The summed E-state index contributed by atoms with van der Waals surface area (Å²) < 4.78 is 26.5. The van der Waals surface area contributed by atoms with Crippen LogP contribution >= 0.6 is 24.0 Å². The van der Waals surface area contributed by atoms with E-state index in [0.717, 1.165) is 17.9 Å². The summed E-state index contributed by atoms with van der Waals surface area (Å²) in [4.78, 5) is 0.452. The Bertz CT molecular complexity index is 580. The molecule has 1 aromatic carbocycles. The molecule has 1 atom stereocenters. The molecular formula is C12H16N2O2S3. The van der Waals surface area contributed by atoms with Gasteiger partial charge in [0.15, 0.2) is 0 Å². The summed E-state index contributed by atoms with van der Waals surface area (Å²) in [5.41, 5.74) is 6.12. The summed E-state index contributed by atoms with van der Waals surface area (Å²) in [5, 5.41) is 0. The van der Waals surface area contributed by atoms with Crippen LogP contribution in [0.2, 0.25) is 0 Å². The highest BCUT2D eigenvalue weighted by Gasteiger charge is 2.30. The zero-order valence-corrected chi connectivity index (χ0v) is 13.0. The molecule has 1 unspecified atom stereocenters. The summed E-state index contributed by atoms with van der Waals surface area (Å²) in [5.74, 6) is 1.86. The second-order valence-electron chi connectivity index (χ2n) is 4.43. The first-order chi connectivity index (χ1) is 8.93. The van der Waals surface area contributed by atoms with Crippen LogP contribution in [0.4, 0.5) is 0 Å². The maximum absolute atomic E-state index is 12.5. The zero-order chi connectivity index (χ0) is 14.0. The largest absolute Gasteiger partial charge is 0.389 e. The SMILES string of the molecule is CN(C1CCSC1)S(=O)(=O)c1cccc(C(N)=S)c1. The lowest BCUT2D eigenvalue weighted by atomic mass is 10.2. The average Bonchev–Trinajstić information content (AvgIpc) is 2.91. The van der Waals surface area contributed by atoms with Gasteiger partial charge in [-0.3, -0.25) is 0 Å². The van der Waals surface area contributed by atoms with Crippen LogP contribution in [-0.2, 0) is 10.0 Å². The first kappa shape index (κ1) is 14.8. The lowest BCUT2D eigenvalue weighted by Crippen LogP contribution is -2.37. The van der Waals surface area contributed by atoms with Crippen molar-refractivity contribution >= 4 is 39.0 Å². The van der Waals surface area contributed by atoms with Crippen LogP contribution in [0.15, 0.2) is 29.2 Å². The molecule has 0 radical (unpaired) electrons. The van der Waals surface area contributed by atoms with Crippen molar-refractivity contribution in [2.75, 3.05) is 18.6 Å². The molecule has 7 heteroatoms. The van der Waals surface area contributed by atoms with Crippen LogP contribution in [0.25, 0.3) is 0 Å². The number of sulfonamides is 1. The molecule has 104 valence electrons. The van der Waals surface area contributed by atoms with Crippen molar-refractivity contribution in [2.24, 2.45) is 5.73 Å². The van der Waals surface area contributed by atoms with Gasteiger partial charge in [0.25, 0.3) is 0 Å². The van der Waals surface area contributed by atoms with E-state index < -0.39 is 10.0 Å². The summed E-state index contributed by atoms with van der Waals surface area (Å²) >= 11 is 6.67. The fraction of sp³-hybridized carbons (Fsp3) is 0.417. The van der Waals surface area contributed by atoms with Crippen LogP contribution in [-0.4, -0.2) is 42.3 Å². The van der Waals surface area contributed by atoms with E-state index in [2.05, 4.69) is 0 Å². The minimum absolute atomic E-state index is 0.0727. The smallest absolute Gasteiger partial charge is 0.243 e. The molecule has 2 rings (SSSR count). The van der Waals surface area contributed by atoms with Gasteiger partial charge in [0.1, 0.15) is 4.99 Å². The highest BCUT2D eigenvalue weighted by Crippen LogP contribution is 2.26. The number of rotatable bonds is 4. The maximum atomic E-state index is 12.5. The Morgan fingerprint density at radius 1 is 1.53 bits per heavy atom. The standard InChI is InChI=1S/C12H16N2O2S3/c1-14(10-5-6-18-8-10)19(15,16)11-4-2-3-9(7-11)12(13)17/h2-4,7,10H,5-6,8H2,1H3,(H2,13,17). The second kappa shape index (κ2) is 5.78. The molecule has 0 aromatic heterocycles. The Hall–Kier alpha value is -0.630. The number of hydrogen-bond donors (Lipinski definition) is 1.